The summed E-state index contributed by atoms with van der Waals surface area (Å²) < 4.78 is 19.1. The molecule has 0 aliphatic carbocycles. The summed E-state index contributed by atoms with van der Waals surface area (Å²) in [6.07, 6.45) is 6.98. The molecule has 0 N–H and O–H groups in total. The Kier molecular flexibility index (Phi) is 9.03. The van der Waals surface area contributed by atoms with Gasteiger partial charge in [-0.05, 0) is 74.6 Å². The van der Waals surface area contributed by atoms with Crippen LogP contribution in [0.15, 0.2) is 78.9 Å². The van der Waals surface area contributed by atoms with Gasteiger partial charge in [0.2, 0.25) is 0 Å². The van der Waals surface area contributed by atoms with Crippen molar-refractivity contribution in [2.75, 3.05) is 19.8 Å². The Morgan fingerprint density at radius 1 is 0.892 bits per heavy atom. The number of allylic oxidation sites excluding steroid dienone is 1. The van der Waals surface area contributed by atoms with E-state index < -0.39 is 0 Å². The first kappa shape index (κ1) is 26.1. The average Bonchev–Trinajstić information content (AvgIpc) is 3.16. The number of esters is 1. The number of hydrogen-bond acceptors (Lipinski definition) is 4. The molecule has 3 aromatic carbocycles. The molecule has 0 bridgehead atoms. The van der Waals surface area contributed by atoms with Crippen LogP contribution in [0.4, 0.5) is 0 Å². The second kappa shape index (κ2) is 12.8. The standard InChI is InChI=1S/C32H35NO4/c1-4-35-32(34)31-24(2)33(3)30-20-19-28(23-29(30)31)37-22-9-8-21-36-27-17-15-26(16-18-27)14-10-13-25-11-6-5-7-12-25/h5-7,10-13,15-20,23H,4,8-9,14,21-22H2,1-3H3. The number of fused-ring (bicyclic) bond motifs is 1. The highest BCUT2D eigenvalue weighted by molar-refractivity contribution is 6.06. The van der Waals surface area contributed by atoms with Gasteiger partial charge in [0, 0.05) is 23.6 Å². The van der Waals surface area contributed by atoms with Crippen molar-refractivity contribution in [3.63, 3.8) is 0 Å². The highest BCUT2D eigenvalue weighted by Crippen LogP contribution is 2.29. The lowest BCUT2D eigenvalue weighted by Crippen LogP contribution is -2.06. The van der Waals surface area contributed by atoms with E-state index in [0.29, 0.717) is 25.4 Å². The number of carbonyl (C=O) groups is 1. The lowest BCUT2D eigenvalue weighted by molar-refractivity contribution is 0.0527. The van der Waals surface area contributed by atoms with E-state index >= 15 is 0 Å². The lowest BCUT2D eigenvalue weighted by atomic mass is 10.1. The van der Waals surface area contributed by atoms with Gasteiger partial charge in [0.1, 0.15) is 11.5 Å². The van der Waals surface area contributed by atoms with Crippen LogP contribution in [0.2, 0.25) is 0 Å². The minimum atomic E-state index is -0.295. The number of carbonyl (C=O) groups excluding carboxylic acids is 1. The molecule has 1 heterocycles. The predicted octanol–water partition coefficient (Wildman–Crippen LogP) is 7.16. The van der Waals surface area contributed by atoms with Crippen molar-refractivity contribution in [3.05, 3.63) is 101 Å². The van der Waals surface area contributed by atoms with Gasteiger partial charge in [-0.15, -0.1) is 0 Å². The van der Waals surface area contributed by atoms with Gasteiger partial charge < -0.3 is 18.8 Å². The first-order chi connectivity index (χ1) is 18.1. The largest absolute Gasteiger partial charge is 0.494 e. The topological polar surface area (TPSA) is 49.7 Å². The van der Waals surface area contributed by atoms with Crippen molar-refractivity contribution in [1.29, 1.82) is 0 Å². The summed E-state index contributed by atoms with van der Waals surface area (Å²) in [6.45, 7) is 5.33. The SMILES string of the molecule is CCOC(=O)c1c(C)n(C)c2ccc(OCCCCOc3ccc(CC=Cc4ccccc4)cc3)cc12. The monoisotopic (exact) mass is 497 g/mol. The average molecular weight is 498 g/mol. The van der Waals surface area contributed by atoms with Crippen LogP contribution >= 0.6 is 0 Å². The van der Waals surface area contributed by atoms with Crippen LogP contribution in [0, 0.1) is 6.92 Å². The Morgan fingerprint density at radius 2 is 1.57 bits per heavy atom. The first-order valence-corrected chi connectivity index (χ1v) is 12.9. The van der Waals surface area contributed by atoms with Gasteiger partial charge in [-0.25, -0.2) is 4.79 Å². The van der Waals surface area contributed by atoms with E-state index in [9.17, 15) is 4.79 Å². The maximum Gasteiger partial charge on any atom is 0.340 e. The van der Waals surface area contributed by atoms with Crippen LogP contribution in [0.25, 0.3) is 17.0 Å². The third kappa shape index (κ3) is 6.82. The van der Waals surface area contributed by atoms with Crippen LogP contribution in [0.3, 0.4) is 0 Å². The summed E-state index contributed by atoms with van der Waals surface area (Å²) in [5.41, 5.74) is 4.95. The minimum Gasteiger partial charge on any atom is -0.494 e. The van der Waals surface area contributed by atoms with E-state index in [1.54, 1.807) is 0 Å². The van der Waals surface area contributed by atoms with Crippen LogP contribution < -0.4 is 9.47 Å². The fourth-order valence-electron chi connectivity index (χ4n) is 4.30. The van der Waals surface area contributed by atoms with Crippen molar-refractivity contribution in [2.45, 2.75) is 33.1 Å². The molecule has 5 nitrogen and oxygen atoms in total. The van der Waals surface area contributed by atoms with E-state index in [1.807, 2.05) is 74.0 Å². The van der Waals surface area contributed by atoms with E-state index in [-0.39, 0.29) is 5.97 Å². The van der Waals surface area contributed by atoms with Gasteiger partial charge in [-0.1, -0.05) is 54.6 Å². The van der Waals surface area contributed by atoms with Gasteiger partial charge >= 0.3 is 5.97 Å². The zero-order valence-electron chi connectivity index (χ0n) is 21.9. The van der Waals surface area contributed by atoms with Crippen molar-refractivity contribution in [2.24, 2.45) is 7.05 Å². The molecule has 4 rings (SSSR count). The van der Waals surface area contributed by atoms with Crippen molar-refractivity contribution >= 4 is 22.9 Å². The van der Waals surface area contributed by atoms with E-state index in [4.69, 9.17) is 14.2 Å². The molecule has 0 saturated heterocycles. The lowest BCUT2D eigenvalue weighted by Gasteiger charge is -2.09. The molecule has 0 amide bonds. The fraction of sp³-hybridized carbons (Fsp3) is 0.281. The van der Waals surface area contributed by atoms with Gasteiger partial charge in [0.25, 0.3) is 0 Å². The molecule has 0 aliphatic rings. The summed E-state index contributed by atoms with van der Waals surface area (Å²) in [5, 5.41) is 0.860. The van der Waals surface area contributed by atoms with Crippen LogP contribution in [-0.2, 0) is 18.2 Å². The van der Waals surface area contributed by atoms with Crippen molar-refractivity contribution in [3.8, 4) is 11.5 Å². The molecular formula is C32H35NO4. The summed E-state index contributed by atoms with van der Waals surface area (Å²) in [7, 11) is 1.96. The summed E-state index contributed by atoms with van der Waals surface area (Å²) in [4.78, 5) is 12.5. The van der Waals surface area contributed by atoms with Crippen molar-refractivity contribution in [1.82, 2.24) is 4.57 Å². The zero-order chi connectivity index (χ0) is 26.0. The number of unbranched alkanes of at least 4 members (excludes halogenated alkanes) is 1. The predicted molar refractivity (Wildman–Crippen MR) is 149 cm³/mol. The molecule has 192 valence electrons. The molecule has 4 aromatic rings. The van der Waals surface area contributed by atoms with E-state index in [2.05, 4.69) is 36.4 Å². The van der Waals surface area contributed by atoms with Gasteiger partial charge in [0.05, 0.1) is 25.4 Å². The van der Waals surface area contributed by atoms with Crippen LogP contribution in [0.1, 0.15) is 46.9 Å². The number of ether oxygens (including phenoxy) is 3. The normalized spacial score (nSPS) is 11.2. The third-order valence-corrected chi connectivity index (χ3v) is 6.41. The third-order valence-electron chi connectivity index (χ3n) is 6.41. The molecule has 0 atom stereocenters. The summed E-state index contributed by atoms with van der Waals surface area (Å²) in [5.74, 6) is 1.34. The number of hydrogen-bond donors (Lipinski definition) is 0. The van der Waals surface area contributed by atoms with E-state index in [1.165, 1.54) is 11.1 Å². The minimum absolute atomic E-state index is 0.295. The maximum atomic E-state index is 12.5. The molecule has 0 saturated carbocycles. The number of rotatable bonds is 12. The summed E-state index contributed by atoms with van der Waals surface area (Å²) in [6, 6.07) is 24.5. The quantitative estimate of drug-likeness (QED) is 0.154. The molecule has 0 radical (unpaired) electrons. The van der Waals surface area contributed by atoms with Crippen LogP contribution in [0.5, 0.6) is 11.5 Å². The van der Waals surface area contributed by atoms with Gasteiger partial charge in [-0.3, -0.25) is 0 Å². The van der Waals surface area contributed by atoms with Crippen molar-refractivity contribution < 1.29 is 19.0 Å². The second-order valence-electron chi connectivity index (χ2n) is 8.98. The highest BCUT2D eigenvalue weighted by atomic mass is 16.5. The maximum absolute atomic E-state index is 12.5. The molecule has 0 spiro atoms. The Balaban J connectivity index is 1.20. The molecule has 0 unspecified atom stereocenters. The molecule has 1 aromatic heterocycles. The number of aromatic nitrogens is 1. The van der Waals surface area contributed by atoms with E-state index in [0.717, 1.165) is 47.4 Å². The smallest absolute Gasteiger partial charge is 0.340 e. The molecule has 37 heavy (non-hydrogen) atoms. The Bertz CT molecular complexity index is 1340. The zero-order valence-corrected chi connectivity index (χ0v) is 21.9. The summed E-state index contributed by atoms with van der Waals surface area (Å²) >= 11 is 0. The van der Waals surface area contributed by atoms with Crippen LogP contribution in [-0.4, -0.2) is 30.4 Å². The molecule has 0 aliphatic heterocycles. The molecule has 5 heteroatoms. The Morgan fingerprint density at radius 3 is 2.27 bits per heavy atom. The molecular weight excluding hydrogens is 462 g/mol. The number of benzene rings is 3. The number of aryl methyl sites for hydroxylation is 1. The second-order valence-corrected chi connectivity index (χ2v) is 8.98. The fourth-order valence-corrected chi connectivity index (χ4v) is 4.30. The highest BCUT2D eigenvalue weighted by Gasteiger charge is 2.20. The Labute approximate surface area is 219 Å². The number of nitrogens with zero attached hydrogens (tertiary/aromatic N) is 1. The first-order valence-electron chi connectivity index (χ1n) is 12.9. The molecule has 0 fully saturated rings. The van der Waals surface area contributed by atoms with Gasteiger partial charge in [-0.2, -0.15) is 0 Å². The Hall–Kier alpha value is -3.99. The van der Waals surface area contributed by atoms with Gasteiger partial charge in [0.15, 0.2) is 0 Å².